The number of benzene rings is 2. The number of β-amino-alcohol motifs (C(OH)–C–C–N with tert-alkyl or cyclic N) is 1. The van der Waals surface area contributed by atoms with Crippen LogP contribution in [0.4, 0.5) is 23.0 Å². The third-order valence-corrected chi connectivity index (χ3v) is 6.87. The van der Waals surface area contributed by atoms with Crippen molar-refractivity contribution < 1.29 is 9.90 Å². The molecule has 0 bridgehead atoms. The topological polar surface area (TPSA) is 126 Å². The number of carbonyl (C=O) groups excluding carboxylic acids is 1. The minimum absolute atomic E-state index is 0.189. The molecule has 0 radical (unpaired) electrons. The van der Waals surface area contributed by atoms with Gasteiger partial charge in [-0.15, -0.1) is 0 Å². The molecule has 2 aromatic heterocycles. The number of piperazine rings is 1. The Morgan fingerprint density at radius 1 is 1.13 bits per heavy atom. The molecular formula is C29H31N7O3. The highest BCUT2D eigenvalue weighted by Crippen LogP contribution is 2.30. The van der Waals surface area contributed by atoms with Crippen molar-refractivity contribution in [3.8, 4) is 11.1 Å². The second-order valence-corrected chi connectivity index (χ2v) is 9.41. The number of anilines is 4. The average Bonchev–Trinajstić information content (AvgIpc) is 2.95. The van der Waals surface area contributed by atoms with Gasteiger partial charge in [-0.25, -0.2) is 9.97 Å². The first-order valence-corrected chi connectivity index (χ1v) is 12.8. The Morgan fingerprint density at radius 3 is 2.62 bits per heavy atom. The molecule has 2 aromatic carbocycles. The molecule has 0 unspecified atom stereocenters. The maximum atomic E-state index is 12.7. The zero-order valence-corrected chi connectivity index (χ0v) is 21.8. The van der Waals surface area contributed by atoms with Gasteiger partial charge < -0.3 is 25.6 Å². The molecule has 4 N–H and O–H groups in total. The van der Waals surface area contributed by atoms with Crippen molar-refractivity contribution in [1.82, 2.24) is 19.9 Å². The molecule has 1 amide bonds. The van der Waals surface area contributed by atoms with E-state index < -0.39 is 0 Å². The molecule has 1 aliphatic heterocycles. The first kappa shape index (κ1) is 26.1. The molecule has 39 heavy (non-hydrogen) atoms. The molecule has 0 saturated carbocycles. The summed E-state index contributed by atoms with van der Waals surface area (Å²) in [4.78, 5) is 41.1. The standard InChI is InChI=1S/C29H31N7O3/c1-3-25(38)31-22-6-4-5-20(17-22)26-19(2)28(39)33-24-18-30-29(34-27(24)26)32-21-7-9-23(10-8-21)36-13-11-35(12-14-36)15-16-37/h3-10,17-18,37H,1,11-16H2,2H3,(H,31,38)(H,33,39)(H,30,32,34). The Bertz CT molecular complexity index is 1560. The monoisotopic (exact) mass is 525 g/mol. The van der Waals surface area contributed by atoms with Crippen molar-refractivity contribution in [2.24, 2.45) is 0 Å². The van der Waals surface area contributed by atoms with Crippen LogP contribution in [-0.4, -0.2) is 70.2 Å². The predicted octanol–water partition coefficient (Wildman–Crippen LogP) is 3.28. The van der Waals surface area contributed by atoms with Gasteiger partial charge in [-0.05, 0) is 55.0 Å². The summed E-state index contributed by atoms with van der Waals surface area (Å²) in [6, 6.07) is 15.4. The van der Waals surface area contributed by atoms with Gasteiger partial charge in [0.1, 0.15) is 5.52 Å². The Kier molecular flexibility index (Phi) is 7.67. The summed E-state index contributed by atoms with van der Waals surface area (Å²) < 4.78 is 0. The molecule has 1 saturated heterocycles. The summed E-state index contributed by atoms with van der Waals surface area (Å²) in [7, 11) is 0. The van der Waals surface area contributed by atoms with Crippen LogP contribution in [0.2, 0.25) is 0 Å². The Labute approximate surface area is 226 Å². The zero-order chi connectivity index (χ0) is 27.4. The van der Waals surface area contributed by atoms with E-state index in [4.69, 9.17) is 10.1 Å². The van der Waals surface area contributed by atoms with Gasteiger partial charge in [0.25, 0.3) is 5.56 Å². The number of hydrogen-bond donors (Lipinski definition) is 4. The lowest BCUT2D eigenvalue weighted by Crippen LogP contribution is -2.47. The lowest BCUT2D eigenvalue weighted by Gasteiger charge is -2.35. The summed E-state index contributed by atoms with van der Waals surface area (Å²) in [6.45, 7) is 9.84. The lowest BCUT2D eigenvalue weighted by atomic mass is 10.00. The number of carbonyl (C=O) groups is 1. The van der Waals surface area contributed by atoms with Crippen LogP contribution >= 0.6 is 0 Å². The van der Waals surface area contributed by atoms with Gasteiger partial charge in [0.2, 0.25) is 11.9 Å². The minimum atomic E-state index is -0.316. The minimum Gasteiger partial charge on any atom is -0.395 e. The summed E-state index contributed by atoms with van der Waals surface area (Å²) in [5.41, 5.74) is 5.39. The molecule has 10 nitrogen and oxygen atoms in total. The third kappa shape index (κ3) is 5.82. The van der Waals surface area contributed by atoms with Crippen molar-refractivity contribution >= 4 is 40.0 Å². The molecule has 0 aliphatic carbocycles. The number of amides is 1. The van der Waals surface area contributed by atoms with Crippen molar-refractivity contribution in [3.05, 3.63) is 83.3 Å². The van der Waals surface area contributed by atoms with E-state index in [1.807, 2.05) is 24.3 Å². The zero-order valence-electron chi connectivity index (χ0n) is 21.8. The van der Waals surface area contributed by atoms with Crippen LogP contribution in [0.15, 0.2) is 72.2 Å². The molecule has 1 aliphatic rings. The molecule has 4 aromatic rings. The van der Waals surface area contributed by atoms with Crippen LogP contribution in [0, 0.1) is 6.92 Å². The van der Waals surface area contributed by atoms with Gasteiger partial charge >= 0.3 is 0 Å². The van der Waals surface area contributed by atoms with Gasteiger partial charge in [0.15, 0.2) is 0 Å². The first-order chi connectivity index (χ1) is 18.9. The molecule has 5 rings (SSSR count). The molecule has 0 atom stereocenters. The van der Waals surface area contributed by atoms with E-state index in [0.29, 0.717) is 33.8 Å². The van der Waals surface area contributed by atoms with Crippen molar-refractivity contribution in [2.45, 2.75) is 6.92 Å². The fourth-order valence-corrected chi connectivity index (χ4v) is 4.79. The highest BCUT2D eigenvalue weighted by Gasteiger charge is 2.17. The van der Waals surface area contributed by atoms with Crippen LogP contribution < -0.4 is 21.1 Å². The number of nitrogens with one attached hydrogen (secondary N) is 3. The van der Waals surface area contributed by atoms with Crippen molar-refractivity contribution in [2.75, 3.05) is 54.9 Å². The second kappa shape index (κ2) is 11.5. The van der Waals surface area contributed by atoms with E-state index in [9.17, 15) is 9.59 Å². The van der Waals surface area contributed by atoms with Crippen LogP contribution in [-0.2, 0) is 4.79 Å². The van der Waals surface area contributed by atoms with E-state index in [-0.39, 0.29) is 18.1 Å². The Hall–Kier alpha value is -4.54. The number of aliphatic hydroxyl groups is 1. The molecule has 0 spiro atoms. The fraction of sp³-hybridized carbons (Fsp3) is 0.241. The van der Waals surface area contributed by atoms with E-state index in [1.54, 1.807) is 25.3 Å². The fourth-order valence-electron chi connectivity index (χ4n) is 4.79. The van der Waals surface area contributed by atoms with Crippen LogP contribution in [0.1, 0.15) is 5.56 Å². The van der Waals surface area contributed by atoms with Crippen molar-refractivity contribution in [1.29, 1.82) is 0 Å². The van der Waals surface area contributed by atoms with E-state index in [1.165, 1.54) is 6.08 Å². The first-order valence-electron chi connectivity index (χ1n) is 12.8. The number of rotatable bonds is 8. The largest absolute Gasteiger partial charge is 0.395 e. The number of aromatic nitrogens is 3. The number of nitrogens with zero attached hydrogens (tertiary/aromatic N) is 4. The molecule has 200 valence electrons. The third-order valence-electron chi connectivity index (χ3n) is 6.87. The molecule has 1 fully saturated rings. The van der Waals surface area contributed by atoms with Gasteiger partial charge in [0.05, 0.1) is 18.3 Å². The molecular weight excluding hydrogens is 494 g/mol. The molecule has 3 heterocycles. The number of H-pyrrole nitrogens is 1. The summed E-state index contributed by atoms with van der Waals surface area (Å²) in [5, 5.41) is 15.2. The number of aliphatic hydroxyl groups excluding tert-OH is 1. The summed E-state index contributed by atoms with van der Waals surface area (Å²) in [5.74, 6) is 0.0834. The van der Waals surface area contributed by atoms with E-state index in [0.717, 1.165) is 49.7 Å². The quantitative estimate of drug-likeness (QED) is 0.258. The SMILES string of the molecule is C=CC(=O)Nc1cccc(-c2c(C)c(=O)[nH]c3cnc(Nc4ccc(N5CCN(CCO)CC5)cc4)nc23)c1. The van der Waals surface area contributed by atoms with Gasteiger partial charge in [-0.1, -0.05) is 18.7 Å². The Morgan fingerprint density at radius 2 is 1.90 bits per heavy atom. The normalized spacial score (nSPS) is 13.8. The van der Waals surface area contributed by atoms with Crippen LogP contribution in [0.5, 0.6) is 0 Å². The number of pyridine rings is 1. The van der Waals surface area contributed by atoms with E-state index in [2.05, 4.69) is 49.1 Å². The van der Waals surface area contributed by atoms with Crippen LogP contribution in [0.25, 0.3) is 22.2 Å². The maximum absolute atomic E-state index is 12.7. The number of hydrogen-bond acceptors (Lipinski definition) is 8. The highest BCUT2D eigenvalue weighted by atomic mass is 16.3. The number of aromatic amines is 1. The Balaban J connectivity index is 1.41. The van der Waals surface area contributed by atoms with Gasteiger partial charge in [-0.3, -0.25) is 14.5 Å². The summed E-state index contributed by atoms with van der Waals surface area (Å²) in [6.07, 6.45) is 2.80. The highest BCUT2D eigenvalue weighted by molar-refractivity contribution is 6.00. The molecule has 10 heteroatoms. The van der Waals surface area contributed by atoms with Crippen LogP contribution in [0.3, 0.4) is 0 Å². The summed E-state index contributed by atoms with van der Waals surface area (Å²) >= 11 is 0. The van der Waals surface area contributed by atoms with Crippen molar-refractivity contribution in [3.63, 3.8) is 0 Å². The number of fused-ring (bicyclic) bond motifs is 1. The predicted molar refractivity (Wildman–Crippen MR) is 155 cm³/mol. The smallest absolute Gasteiger partial charge is 0.252 e. The van der Waals surface area contributed by atoms with Gasteiger partial charge in [0, 0.05) is 60.9 Å². The average molecular weight is 526 g/mol. The lowest BCUT2D eigenvalue weighted by molar-refractivity contribution is -0.111. The maximum Gasteiger partial charge on any atom is 0.252 e. The van der Waals surface area contributed by atoms with Gasteiger partial charge in [-0.2, -0.15) is 0 Å². The second-order valence-electron chi connectivity index (χ2n) is 9.41. The van der Waals surface area contributed by atoms with E-state index >= 15 is 0 Å².